The van der Waals surface area contributed by atoms with Crippen molar-refractivity contribution in [2.45, 2.75) is 12.5 Å². The summed E-state index contributed by atoms with van der Waals surface area (Å²) in [5, 5.41) is 4.37. The molecule has 1 atom stereocenters. The van der Waals surface area contributed by atoms with Gasteiger partial charge >= 0.3 is 0 Å². The summed E-state index contributed by atoms with van der Waals surface area (Å²) in [6, 6.07) is 8.28. The number of rotatable bonds is 2. The highest BCUT2D eigenvalue weighted by Gasteiger charge is 2.25. The Labute approximate surface area is 106 Å². The minimum absolute atomic E-state index is 0.129. The lowest BCUT2D eigenvalue weighted by Gasteiger charge is -2.16. The first kappa shape index (κ1) is 11.3. The number of H-pyrrole nitrogens is 1. The number of benzene rings is 1. The van der Waals surface area contributed by atoms with Gasteiger partial charge in [-0.05, 0) is 37.1 Å². The molecule has 2 heterocycles. The normalized spacial score (nSPS) is 19.6. The summed E-state index contributed by atoms with van der Waals surface area (Å²) in [4.78, 5) is 17.4. The average molecular weight is 243 g/mol. The predicted octanol–water partition coefficient (Wildman–Crippen LogP) is 1.60. The lowest BCUT2D eigenvalue weighted by atomic mass is 10.1. The molecule has 1 aliphatic rings. The molecule has 18 heavy (non-hydrogen) atoms. The maximum absolute atomic E-state index is 12.4. The number of hydrogen-bond donors (Lipinski definition) is 2. The number of amides is 1. The third kappa shape index (κ3) is 1.88. The number of nitrogens with zero attached hydrogens (tertiary/aromatic N) is 1. The van der Waals surface area contributed by atoms with E-state index in [9.17, 15) is 4.79 Å². The summed E-state index contributed by atoms with van der Waals surface area (Å²) in [7, 11) is 1.95. The Kier molecular flexibility index (Phi) is 2.80. The highest BCUT2D eigenvalue weighted by molar-refractivity contribution is 5.98. The van der Waals surface area contributed by atoms with Crippen molar-refractivity contribution >= 4 is 16.8 Å². The highest BCUT2D eigenvalue weighted by atomic mass is 16.2. The van der Waals surface area contributed by atoms with Gasteiger partial charge < -0.3 is 15.2 Å². The van der Waals surface area contributed by atoms with Gasteiger partial charge in [-0.3, -0.25) is 4.79 Å². The minimum Gasteiger partial charge on any atom is -0.361 e. The summed E-state index contributed by atoms with van der Waals surface area (Å²) >= 11 is 0. The van der Waals surface area contributed by atoms with Gasteiger partial charge in [-0.15, -0.1) is 0 Å². The Morgan fingerprint density at radius 2 is 2.33 bits per heavy atom. The van der Waals surface area contributed by atoms with Crippen LogP contribution in [0.1, 0.15) is 16.8 Å². The van der Waals surface area contributed by atoms with E-state index in [1.54, 1.807) is 0 Å². The van der Waals surface area contributed by atoms with Gasteiger partial charge in [0.05, 0.1) is 0 Å². The van der Waals surface area contributed by atoms with Gasteiger partial charge in [0.15, 0.2) is 0 Å². The van der Waals surface area contributed by atoms with Gasteiger partial charge in [-0.2, -0.15) is 0 Å². The molecule has 1 unspecified atom stereocenters. The van der Waals surface area contributed by atoms with Crippen molar-refractivity contribution in [1.82, 2.24) is 15.2 Å². The molecule has 4 heteroatoms. The molecule has 1 aromatic heterocycles. The molecule has 0 radical (unpaired) electrons. The first-order chi connectivity index (χ1) is 8.78. The van der Waals surface area contributed by atoms with Gasteiger partial charge in [0.2, 0.25) is 0 Å². The fourth-order valence-corrected chi connectivity index (χ4v) is 2.54. The van der Waals surface area contributed by atoms with Gasteiger partial charge in [-0.1, -0.05) is 6.07 Å². The van der Waals surface area contributed by atoms with Crippen LogP contribution in [0.4, 0.5) is 0 Å². The lowest BCUT2D eigenvalue weighted by Crippen LogP contribution is -2.33. The minimum atomic E-state index is 0.129. The Morgan fingerprint density at radius 3 is 3.11 bits per heavy atom. The molecule has 3 rings (SSSR count). The van der Waals surface area contributed by atoms with Crippen molar-refractivity contribution in [2.24, 2.45) is 0 Å². The van der Waals surface area contributed by atoms with E-state index in [1.807, 2.05) is 42.4 Å². The van der Waals surface area contributed by atoms with Crippen molar-refractivity contribution in [3.8, 4) is 0 Å². The van der Waals surface area contributed by atoms with E-state index in [-0.39, 0.29) is 5.91 Å². The number of likely N-dealkylation sites (tertiary alicyclic amines) is 1. The zero-order valence-corrected chi connectivity index (χ0v) is 10.4. The number of aromatic nitrogens is 1. The third-order valence-electron chi connectivity index (χ3n) is 3.69. The van der Waals surface area contributed by atoms with E-state index in [0.717, 1.165) is 36.0 Å². The van der Waals surface area contributed by atoms with Gasteiger partial charge in [-0.25, -0.2) is 0 Å². The maximum Gasteiger partial charge on any atom is 0.253 e. The second-order valence-electron chi connectivity index (χ2n) is 4.81. The first-order valence-electron chi connectivity index (χ1n) is 6.31. The number of likely N-dealkylation sites (N-methyl/N-ethyl adjacent to an activating group) is 1. The van der Waals surface area contributed by atoms with Crippen LogP contribution in [-0.2, 0) is 0 Å². The third-order valence-corrected chi connectivity index (χ3v) is 3.69. The predicted molar refractivity (Wildman–Crippen MR) is 71.7 cm³/mol. The van der Waals surface area contributed by atoms with E-state index in [0.29, 0.717) is 6.04 Å². The standard InChI is InChI=1S/C14H17N3O/c1-15-12-5-7-17(9-12)14(18)11-3-2-10-4-6-16-13(10)8-11/h2-4,6,8,12,15-16H,5,7,9H2,1H3. The summed E-state index contributed by atoms with van der Waals surface area (Å²) in [5.41, 5.74) is 1.78. The monoisotopic (exact) mass is 243 g/mol. The Balaban J connectivity index is 1.83. The van der Waals surface area contributed by atoms with E-state index in [4.69, 9.17) is 0 Å². The van der Waals surface area contributed by atoms with Crippen molar-refractivity contribution in [2.75, 3.05) is 20.1 Å². The summed E-state index contributed by atoms with van der Waals surface area (Å²) in [6.45, 7) is 1.64. The Hall–Kier alpha value is -1.81. The van der Waals surface area contributed by atoms with Crippen LogP contribution >= 0.6 is 0 Å². The SMILES string of the molecule is CNC1CCN(C(=O)c2ccc3cc[nH]c3c2)C1. The molecule has 2 aromatic rings. The maximum atomic E-state index is 12.4. The zero-order valence-electron chi connectivity index (χ0n) is 10.4. The summed E-state index contributed by atoms with van der Waals surface area (Å²) in [6.07, 6.45) is 2.93. The van der Waals surface area contributed by atoms with E-state index < -0.39 is 0 Å². The number of carbonyl (C=O) groups is 1. The Bertz CT molecular complexity index is 575. The average Bonchev–Trinajstić information content (AvgIpc) is 3.05. The second kappa shape index (κ2) is 4.46. The van der Waals surface area contributed by atoms with Crippen molar-refractivity contribution in [3.05, 3.63) is 36.0 Å². The largest absolute Gasteiger partial charge is 0.361 e. The number of fused-ring (bicyclic) bond motifs is 1. The molecule has 4 nitrogen and oxygen atoms in total. The second-order valence-corrected chi connectivity index (χ2v) is 4.81. The van der Waals surface area contributed by atoms with Crippen LogP contribution in [-0.4, -0.2) is 42.0 Å². The highest BCUT2D eigenvalue weighted by Crippen LogP contribution is 2.18. The van der Waals surface area contributed by atoms with Crippen LogP contribution in [0.3, 0.4) is 0 Å². The molecule has 2 N–H and O–H groups in total. The van der Waals surface area contributed by atoms with Gasteiger partial charge in [0.25, 0.3) is 5.91 Å². The van der Waals surface area contributed by atoms with Crippen LogP contribution in [0.15, 0.2) is 30.5 Å². The van der Waals surface area contributed by atoms with Crippen LogP contribution in [0, 0.1) is 0 Å². The molecule has 1 aliphatic heterocycles. The van der Waals surface area contributed by atoms with E-state index >= 15 is 0 Å². The molecule has 1 aromatic carbocycles. The smallest absolute Gasteiger partial charge is 0.253 e. The molecule has 1 saturated heterocycles. The molecular formula is C14H17N3O. The molecular weight excluding hydrogens is 226 g/mol. The van der Waals surface area contributed by atoms with Crippen molar-refractivity contribution < 1.29 is 4.79 Å². The molecule has 0 saturated carbocycles. The lowest BCUT2D eigenvalue weighted by molar-refractivity contribution is 0.0790. The first-order valence-corrected chi connectivity index (χ1v) is 6.31. The fraction of sp³-hybridized carbons (Fsp3) is 0.357. The van der Waals surface area contributed by atoms with Crippen LogP contribution < -0.4 is 5.32 Å². The van der Waals surface area contributed by atoms with Crippen LogP contribution in [0.25, 0.3) is 10.9 Å². The van der Waals surface area contributed by atoms with Gasteiger partial charge in [0, 0.05) is 36.4 Å². The molecule has 0 bridgehead atoms. The Morgan fingerprint density at radius 1 is 1.44 bits per heavy atom. The van der Waals surface area contributed by atoms with E-state index in [1.165, 1.54) is 0 Å². The molecule has 94 valence electrons. The van der Waals surface area contributed by atoms with Gasteiger partial charge in [0.1, 0.15) is 0 Å². The fourth-order valence-electron chi connectivity index (χ4n) is 2.54. The number of hydrogen-bond acceptors (Lipinski definition) is 2. The molecule has 0 aliphatic carbocycles. The number of carbonyl (C=O) groups excluding carboxylic acids is 1. The van der Waals surface area contributed by atoms with Crippen molar-refractivity contribution in [1.29, 1.82) is 0 Å². The van der Waals surface area contributed by atoms with Crippen LogP contribution in [0.2, 0.25) is 0 Å². The topological polar surface area (TPSA) is 48.1 Å². The molecule has 1 fully saturated rings. The van der Waals surface area contributed by atoms with Crippen molar-refractivity contribution in [3.63, 3.8) is 0 Å². The van der Waals surface area contributed by atoms with Crippen LogP contribution in [0.5, 0.6) is 0 Å². The zero-order chi connectivity index (χ0) is 12.5. The summed E-state index contributed by atoms with van der Waals surface area (Å²) < 4.78 is 0. The quantitative estimate of drug-likeness (QED) is 0.841. The molecule has 0 spiro atoms. The van der Waals surface area contributed by atoms with E-state index in [2.05, 4.69) is 10.3 Å². The summed E-state index contributed by atoms with van der Waals surface area (Å²) in [5.74, 6) is 0.129. The number of aromatic amines is 1. The number of nitrogens with one attached hydrogen (secondary N) is 2. The molecule has 1 amide bonds.